The van der Waals surface area contributed by atoms with Gasteiger partial charge in [-0.1, -0.05) is 30.3 Å². The molecule has 1 saturated heterocycles. The van der Waals surface area contributed by atoms with Crippen LogP contribution in [-0.2, 0) is 11.2 Å². The lowest BCUT2D eigenvalue weighted by molar-refractivity contribution is -0.134. The van der Waals surface area contributed by atoms with E-state index in [0.29, 0.717) is 19.0 Å². The number of ether oxygens (including phenoxy) is 1. The van der Waals surface area contributed by atoms with Gasteiger partial charge in [-0.15, -0.1) is 12.4 Å². The minimum absolute atomic E-state index is 0. The molecule has 1 atom stereocenters. The molecule has 3 N–H and O–H groups in total. The molecular weight excluding hydrogens is 364 g/mol. The summed E-state index contributed by atoms with van der Waals surface area (Å²) < 4.78 is 5.82. The van der Waals surface area contributed by atoms with Crippen molar-refractivity contribution >= 4 is 18.3 Å². The van der Waals surface area contributed by atoms with Crippen molar-refractivity contribution in [1.82, 2.24) is 4.90 Å². The van der Waals surface area contributed by atoms with Gasteiger partial charge in [-0.25, -0.2) is 0 Å². The smallest absolute Gasteiger partial charge is 0.241 e. The minimum Gasteiger partial charge on any atom is -0.457 e. The van der Waals surface area contributed by atoms with E-state index < -0.39 is 6.04 Å². The average Bonchev–Trinajstić information content (AvgIpc) is 2.70. The third-order valence-electron chi connectivity index (χ3n) is 4.87. The van der Waals surface area contributed by atoms with Gasteiger partial charge in [0.15, 0.2) is 0 Å². The summed E-state index contributed by atoms with van der Waals surface area (Å²) in [6.45, 7) is 1.13. The third kappa shape index (κ3) is 5.96. The Hall–Kier alpha value is -2.08. The number of rotatable bonds is 6. The summed E-state index contributed by atoms with van der Waals surface area (Å²) in [5.74, 6) is 2.08. The van der Waals surface area contributed by atoms with Crippen molar-refractivity contribution in [2.45, 2.75) is 25.3 Å². The number of hydrogen-bond acceptors (Lipinski definition) is 4. The maximum atomic E-state index is 12.0. The van der Waals surface area contributed by atoms with Gasteiger partial charge in [0.2, 0.25) is 5.91 Å². The third-order valence-corrected chi connectivity index (χ3v) is 4.87. The van der Waals surface area contributed by atoms with Crippen molar-refractivity contribution in [3.8, 4) is 11.5 Å². The first-order chi connectivity index (χ1) is 12.7. The van der Waals surface area contributed by atoms with Crippen LogP contribution in [-0.4, -0.2) is 41.7 Å². The molecule has 1 fully saturated rings. The maximum Gasteiger partial charge on any atom is 0.241 e. The molecule has 3 rings (SSSR count). The summed E-state index contributed by atoms with van der Waals surface area (Å²) in [6.07, 6.45) is 2.93. The van der Waals surface area contributed by atoms with Gasteiger partial charge in [-0.05, 0) is 55.0 Å². The largest absolute Gasteiger partial charge is 0.457 e. The van der Waals surface area contributed by atoms with Crippen LogP contribution >= 0.6 is 12.4 Å². The Morgan fingerprint density at radius 3 is 2.26 bits per heavy atom. The molecule has 1 aliphatic rings. The van der Waals surface area contributed by atoms with Crippen LogP contribution in [0.2, 0.25) is 0 Å². The summed E-state index contributed by atoms with van der Waals surface area (Å²) in [7, 11) is 0. The van der Waals surface area contributed by atoms with Gasteiger partial charge >= 0.3 is 0 Å². The second-order valence-corrected chi connectivity index (χ2v) is 6.82. The molecule has 6 heteroatoms. The van der Waals surface area contributed by atoms with Gasteiger partial charge < -0.3 is 20.5 Å². The van der Waals surface area contributed by atoms with Crippen LogP contribution < -0.4 is 10.5 Å². The molecule has 1 amide bonds. The lowest BCUT2D eigenvalue weighted by atomic mass is 9.90. The molecule has 5 nitrogen and oxygen atoms in total. The van der Waals surface area contributed by atoms with Crippen molar-refractivity contribution < 1.29 is 14.6 Å². The predicted molar refractivity (Wildman–Crippen MR) is 108 cm³/mol. The molecule has 0 bridgehead atoms. The van der Waals surface area contributed by atoms with Crippen molar-refractivity contribution in [3.63, 3.8) is 0 Å². The summed E-state index contributed by atoms with van der Waals surface area (Å²) in [6, 6.07) is 17.2. The van der Waals surface area contributed by atoms with Gasteiger partial charge in [0, 0.05) is 13.1 Å². The first-order valence-corrected chi connectivity index (χ1v) is 9.13. The van der Waals surface area contributed by atoms with Crippen LogP contribution in [0.4, 0.5) is 0 Å². The molecule has 0 spiro atoms. The predicted octanol–water partition coefficient (Wildman–Crippen LogP) is 3.00. The fourth-order valence-electron chi connectivity index (χ4n) is 3.32. The first-order valence-electron chi connectivity index (χ1n) is 9.13. The van der Waals surface area contributed by atoms with Crippen molar-refractivity contribution in [1.29, 1.82) is 0 Å². The Bertz CT molecular complexity index is 701. The molecule has 1 heterocycles. The number of para-hydroxylation sites is 1. The lowest BCUT2D eigenvalue weighted by Gasteiger charge is -2.33. The van der Waals surface area contributed by atoms with Gasteiger partial charge in [0.25, 0.3) is 0 Å². The molecule has 2 aromatic carbocycles. The summed E-state index contributed by atoms with van der Waals surface area (Å²) in [5.41, 5.74) is 6.90. The van der Waals surface area contributed by atoms with E-state index in [1.54, 1.807) is 4.90 Å². The Kier molecular flexibility index (Phi) is 8.10. The number of nitrogens with zero attached hydrogens (tertiary/aromatic N) is 1. The molecule has 0 saturated carbocycles. The Morgan fingerprint density at radius 1 is 1.07 bits per heavy atom. The van der Waals surface area contributed by atoms with E-state index in [2.05, 4.69) is 12.1 Å². The average molecular weight is 391 g/mol. The van der Waals surface area contributed by atoms with Crippen LogP contribution in [0.5, 0.6) is 11.5 Å². The SMILES string of the molecule is Cl.NC(CO)C(=O)N1CCC(Cc2ccc(Oc3ccccc3)cc2)CC1. The highest BCUT2D eigenvalue weighted by Crippen LogP contribution is 2.25. The molecule has 27 heavy (non-hydrogen) atoms. The molecule has 1 aliphatic heterocycles. The number of likely N-dealkylation sites (tertiary alicyclic amines) is 1. The monoisotopic (exact) mass is 390 g/mol. The van der Waals surface area contributed by atoms with Crippen LogP contribution in [0, 0.1) is 5.92 Å². The molecular formula is C21H27ClN2O3. The van der Waals surface area contributed by atoms with Gasteiger partial charge in [0.05, 0.1) is 6.61 Å². The zero-order valence-corrected chi connectivity index (χ0v) is 16.1. The van der Waals surface area contributed by atoms with E-state index >= 15 is 0 Å². The minimum atomic E-state index is -0.788. The summed E-state index contributed by atoms with van der Waals surface area (Å²) >= 11 is 0. The zero-order valence-electron chi connectivity index (χ0n) is 15.3. The quantitative estimate of drug-likeness (QED) is 0.795. The molecule has 0 aliphatic carbocycles. The van der Waals surface area contributed by atoms with E-state index in [0.717, 1.165) is 30.8 Å². The fourth-order valence-corrected chi connectivity index (χ4v) is 3.32. The number of halogens is 1. The van der Waals surface area contributed by atoms with E-state index in [1.165, 1.54) is 5.56 Å². The van der Waals surface area contributed by atoms with Crippen molar-refractivity contribution in [3.05, 3.63) is 60.2 Å². The molecule has 0 aromatic heterocycles. The van der Waals surface area contributed by atoms with Crippen molar-refractivity contribution in [2.24, 2.45) is 11.7 Å². The highest BCUT2D eigenvalue weighted by molar-refractivity contribution is 5.85. The standard InChI is InChI=1S/C21H26N2O3.ClH/c22-20(15-24)21(25)23-12-10-17(11-13-23)14-16-6-8-19(9-7-16)26-18-4-2-1-3-5-18;/h1-9,17,20,24H,10-15,22H2;1H. The number of piperidine rings is 1. The van der Waals surface area contributed by atoms with Crippen LogP contribution in [0.1, 0.15) is 18.4 Å². The van der Waals surface area contributed by atoms with Crippen LogP contribution in [0.25, 0.3) is 0 Å². The number of hydrogen-bond donors (Lipinski definition) is 2. The Morgan fingerprint density at radius 2 is 1.67 bits per heavy atom. The second kappa shape index (κ2) is 10.3. The number of amides is 1. The second-order valence-electron chi connectivity index (χ2n) is 6.82. The maximum absolute atomic E-state index is 12.0. The number of aliphatic hydroxyl groups is 1. The molecule has 0 radical (unpaired) electrons. The van der Waals surface area contributed by atoms with Gasteiger partial charge in [-0.3, -0.25) is 4.79 Å². The van der Waals surface area contributed by atoms with Gasteiger partial charge in [0.1, 0.15) is 17.5 Å². The van der Waals surface area contributed by atoms with Crippen LogP contribution in [0.3, 0.4) is 0 Å². The van der Waals surface area contributed by atoms with E-state index in [9.17, 15) is 4.79 Å². The van der Waals surface area contributed by atoms with E-state index in [4.69, 9.17) is 15.6 Å². The summed E-state index contributed by atoms with van der Waals surface area (Å²) in [4.78, 5) is 13.8. The van der Waals surface area contributed by atoms with Gasteiger partial charge in [-0.2, -0.15) is 0 Å². The lowest BCUT2D eigenvalue weighted by Crippen LogP contribution is -2.48. The van der Waals surface area contributed by atoms with Crippen molar-refractivity contribution in [2.75, 3.05) is 19.7 Å². The molecule has 1 unspecified atom stereocenters. The highest BCUT2D eigenvalue weighted by Gasteiger charge is 2.25. The number of carbonyl (C=O) groups excluding carboxylic acids is 1. The normalized spacial score (nSPS) is 15.7. The molecule has 2 aromatic rings. The number of aliphatic hydroxyl groups excluding tert-OH is 1. The zero-order chi connectivity index (χ0) is 18.4. The topological polar surface area (TPSA) is 75.8 Å². The number of carbonyl (C=O) groups is 1. The van der Waals surface area contributed by atoms with E-state index in [-0.39, 0.29) is 24.9 Å². The van der Waals surface area contributed by atoms with Crippen LogP contribution in [0.15, 0.2) is 54.6 Å². The fraction of sp³-hybridized carbons (Fsp3) is 0.381. The summed E-state index contributed by atoms with van der Waals surface area (Å²) in [5, 5.41) is 9.02. The first kappa shape index (κ1) is 21.2. The van der Waals surface area contributed by atoms with E-state index in [1.807, 2.05) is 42.5 Å². The number of benzene rings is 2. The highest BCUT2D eigenvalue weighted by atomic mass is 35.5. The Balaban J connectivity index is 0.00000261. The molecule has 146 valence electrons. The Labute approximate surface area is 166 Å². The number of nitrogens with two attached hydrogens (primary N) is 1.